The summed E-state index contributed by atoms with van der Waals surface area (Å²) in [5, 5.41) is 0. The summed E-state index contributed by atoms with van der Waals surface area (Å²) in [6, 6.07) is 0. The predicted molar refractivity (Wildman–Crippen MR) is 53.4 cm³/mol. The van der Waals surface area contributed by atoms with Gasteiger partial charge >= 0.3 is 0 Å². The van der Waals surface area contributed by atoms with Crippen molar-refractivity contribution < 1.29 is 0 Å². The maximum atomic E-state index is 4.00. The molecule has 0 amide bonds. The first-order chi connectivity index (χ1) is 5.00. The molecule has 4 N–H and O–H groups in total. The van der Waals surface area contributed by atoms with Crippen molar-refractivity contribution >= 4 is 0 Å². The van der Waals surface area contributed by atoms with E-state index in [0.29, 0.717) is 0 Å². The molecule has 0 unspecified atom stereocenters. The molecule has 0 fully saturated rings. The van der Waals surface area contributed by atoms with Crippen molar-refractivity contribution in [3.8, 4) is 0 Å². The van der Waals surface area contributed by atoms with Crippen LogP contribution in [0.3, 0.4) is 0 Å². The SMILES string of the molecule is C=C.C=C.C=C.C=C.NN. The first-order valence-corrected chi connectivity index (χ1v) is 2.33. The molecular formula is C8H20N2. The fourth-order valence-corrected chi connectivity index (χ4v) is 0. The zero-order valence-corrected chi connectivity index (χ0v) is 6.81. The molecule has 0 aliphatic heterocycles. The molecule has 10 heavy (non-hydrogen) atoms. The van der Waals surface area contributed by atoms with E-state index in [2.05, 4.69) is 64.3 Å². The highest BCUT2D eigenvalue weighted by molar-refractivity contribution is 4.23. The Morgan fingerprint density at radius 2 is 0.400 bits per heavy atom. The lowest BCUT2D eigenvalue weighted by Gasteiger charge is -1.27. The lowest BCUT2D eigenvalue weighted by Crippen LogP contribution is -2.02. The van der Waals surface area contributed by atoms with Gasteiger partial charge in [0.05, 0.1) is 0 Å². The molecular weight excluding hydrogens is 124 g/mol. The summed E-state index contributed by atoms with van der Waals surface area (Å²) in [5.74, 6) is 8.00. The van der Waals surface area contributed by atoms with Crippen molar-refractivity contribution in [3.05, 3.63) is 52.6 Å². The second-order valence-electron chi connectivity index (χ2n) is 0. The molecule has 0 rings (SSSR count). The van der Waals surface area contributed by atoms with E-state index in [1.165, 1.54) is 0 Å². The number of nitrogens with two attached hydrogens (primary N) is 2. The van der Waals surface area contributed by atoms with Gasteiger partial charge in [0.1, 0.15) is 0 Å². The molecule has 0 heterocycles. The Bertz CT molecular complexity index is 15.2. The molecule has 0 aromatic rings. The molecule has 0 atom stereocenters. The Hall–Kier alpha value is -1.12. The molecule has 2 nitrogen and oxygen atoms in total. The molecule has 0 spiro atoms. The number of hydrogen-bond donors (Lipinski definition) is 2. The smallest absolute Gasteiger partial charge is 0.106 e. The topological polar surface area (TPSA) is 52.0 Å². The van der Waals surface area contributed by atoms with Crippen LogP contribution in [0.25, 0.3) is 0 Å². The van der Waals surface area contributed by atoms with Crippen LogP contribution in [-0.2, 0) is 0 Å². The molecule has 0 aromatic heterocycles. The predicted octanol–water partition coefficient (Wildman–Crippen LogP) is 2.03. The summed E-state index contributed by atoms with van der Waals surface area (Å²) in [4.78, 5) is 0. The zero-order chi connectivity index (χ0) is 10.0. The van der Waals surface area contributed by atoms with Crippen molar-refractivity contribution in [1.29, 1.82) is 0 Å². The Morgan fingerprint density at radius 1 is 0.400 bits per heavy atom. The van der Waals surface area contributed by atoms with Crippen LogP contribution in [0, 0.1) is 0 Å². The fraction of sp³-hybridized carbons (Fsp3) is 0. The molecule has 0 bridgehead atoms. The first-order valence-electron chi connectivity index (χ1n) is 2.33. The summed E-state index contributed by atoms with van der Waals surface area (Å²) in [6.45, 7) is 24.0. The first kappa shape index (κ1) is 36.6. The van der Waals surface area contributed by atoms with E-state index >= 15 is 0 Å². The summed E-state index contributed by atoms with van der Waals surface area (Å²) in [5.41, 5.74) is 0. The number of hydrazine groups is 1. The van der Waals surface area contributed by atoms with E-state index in [4.69, 9.17) is 0 Å². The minimum atomic E-state index is 3.00. The van der Waals surface area contributed by atoms with E-state index in [0.717, 1.165) is 0 Å². The Morgan fingerprint density at radius 3 is 0.400 bits per heavy atom. The second kappa shape index (κ2) is 297. The monoisotopic (exact) mass is 144 g/mol. The van der Waals surface area contributed by atoms with Crippen LogP contribution < -0.4 is 11.7 Å². The minimum absolute atomic E-state index is 3.00. The van der Waals surface area contributed by atoms with Crippen LogP contribution in [0.15, 0.2) is 52.6 Å². The lowest BCUT2D eigenvalue weighted by atomic mass is 11.3. The maximum Gasteiger partial charge on any atom is -0.106 e. The summed E-state index contributed by atoms with van der Waals surface area (Å²) >= 11 is 0. The Kier molecular flexibility index (Phi) is 1090. The Balaban J connectivity index is -0.0000000104. The molecule has 0 aliphatic rings. The maximum absolute atomic E-state index is 4.00. The third kappa shape index (κ3) is 190. The third-order valence-electron chi connectivity index (χ3n) is 0. The molecule has 0 saturated heterocycles. The van der Waals surface area contributed by atoms with Gasteiger partial charge in [-0.05, 0) is 0 Å². The van der Waals surface area contributed by atoms with Crippen LogP contribution >= 0.6 is 0 Å². The van der Waals surface area contributed by atoms with Gasteiger partial charge in [-0.1, -0.05) is 0 Å². The average molecular weight is 144 g/mol. The van der Waals surface area contributed by atoms with Crippen molar-refractivity contribution in [3.63, 3.8) is 0 Å². The van der Waals surface area contributed by atoms with E-state index in [9.17, 15) is 0 Å². The Labute approximate surface area is 65.2 Å². The third-order valence-corrected chi connectivity index (χ3v) is 0. The van der Waals surface area contributed by atoms with Gasteiger partial charge in [0, 0.05) is 0 Å². The molecule has 0 saturated carbocycles. The van der Waals surface area contributed by atoms with Crippen LogP contribution in [0.5, 0.6) is 0 Å². The van der Waals surface area contributed by atoms with Gasteiger partial charge in [0.15, 0.2) is 0 Å². The van der Waals surface area contributed by atoms with Crippen LogP contribution in [-0.4, -0.2) is 0 Å². The largest absolute Gasteiger partial charge is 0.274 e. The van der Waals surface area contributed by atoms with Gasteiger partial charge in [-0.15, -0.1) is 52.6 Å². The van der Waals surface area contributed by atoms with Gasteiger partial charge in [0.2, 0.25) is 0 Å². The van der Waals surface area contributed by atoms with Crippen molar-refractivity contribution in [2.75, 3.05) is 0 Å². The zero-order valence-electron chi connectivity index (χ0n) is 6.81. The summed E-state index contributed by atoms with van der Waals surface area (Å²) in [6.07, 6.45) is 0. The van der Waals surface area contributed by atoms with Crippen molar-refractivity contribution in [2.45, 2.75) is 0 Å². The minimum Gasteiger partial charge on any atom is -0.274 e. The summed E-state index contributed by atoms with van der Waals surface area (Å²) in [7, 11) is 0. The van der Waals surface area contributed by atoms with Crippen molar-refractivity contribution in [1.82, 2.24) is 0 Å². The highest BCUT2D eigenvalue weighted by atomic mass is 15.0. The summed E-state index contributed by atoms with van der Waals surface area (Å²) < 4.78 is 0. The van der Waals surface area contributed by atoms with Gasteiger partial charge in [-0.3, -0.25) is 11.7 Å². The highest BCUT2D eigenvalue weighted by Gasteiger charge is 0.726. The second-order valence-corrected chi connectivity index (χ2v) is 0. The number of hydrogen-bond acceptors (Lipinski definition) is 2. The molecule has 0 aromatic carbocycles. The fourth-order valence-electron chi connectivity index (χ4n) is 0. The molecule has 0 radical (unpaired) electrons. The van der Waals surface area contributed by atoms with E-state index in [-0.39, 0.29) is 0 Å². The van der Waals surface area contributed by atoms with E-state index < -0.39 is 0 Å². The van der Waals surface area contributed by atoms with E-state index in [1.54, 1.807) is 0 Å². The van der Waals surface area contributed by atoms with Gasteiger partial charge in [-0.25, -0.2) is 0 Å². The molecule has 62 valence electrons. The van der Waals surface area contributed by atoms with Gasteiger partial charge in [0.25, 0.3) is 0 Å². The molecule has 2 heteroatoms. The number of rotatable bonds is 0. The quantitative estimate of drug-likeness (QED) is 0.310. The van der Waals surface area contributed by atoms with Gasteiger partial charge < -0.3 is 0 Å². The van der Waals surface area contributed by atoms with Crippen LogP contribution in [0.4, 0.5) is 0 Å². The standard InChI is InChI=1S/4C2H4.H4N2/c5*1-2/h5*1-2H2. The average Bonchev–Trinajstić information content (AvgIpc) is 2.20. The van der Waals surface area contributed by atoms with E-state index in [1.807, 2.05) is 0 Å². The molecule has 0 aliphatic carbocycles. The normalized spacial score (nSPS) is 2.20. The van der Waals surface area contributed by atoms with Crippen molar-refractivity contribution in [2.24, 2.45) is 11.7 Å². The highest BCUT2D eigenvalue weighted by Crippen LogP contribution is 0.868. The van der Waals surface area contributed by atoms with Crippen LogP contribution in [0.1, 0.15) is 0 Å². The van der Waals surface area contributed by atoms with Crippen LogP contribution in [0.2, 0.25) is 0 Å². The lowest BCUT2D eigenvalue weighted by molar-refractivity contribution is 1.26. The van der Waals surface area contributed by atoms with Gasteiger partial charge in [-0.2, -0.15) is 0 Å².